The monoisotopic (exact) mass is 301 g/mol. The minimum absolute atomic E-state index is 0.0701. The molecule has 2 aliphatic heterocycles. The van der Waals surface area contributed by atoms with Crippen molar-refractivity contribution >= 4 is 11.8 Å². The maximum Gasteiger partial charge on any atom is 0.225 e. The van der Waals surface area contributed by atoms with Crippen molar-refractivity contribution in [2.75, 3.05) is 13.1 Å². The molecule has 3 rings (SSSR count). The zero-order valence-corrected chi connectivity index (χ0v) is 13.2. The minimum atomic E-state index is -0.188. The molecule has 1 unspecified atom stereocenters. The lowest BCUT2D eigenvalue weighted by Crippen LogP contribution is -2.42. The average Bonchev–Trinajstić information content (AvgIpc) is 3.05. The molecule has 118 valence electrons. The molecular formula is C17H23N3O2. The Labute approximate surface area is 131 Å². The highest BCUT2D eigenvalue weighted by Gasteiger charge is 2.32. The third-order valence-electron chi connectivity index (χ3n) is 4.28. The van der Waals surface area contributed by atoms with Gasteiger partial charge in [0, 0.05) is 30.5 Å². The second kappa shape index (κ2) is 6.38. The summed E-state index contributed by atoms with van der Waals surface area (Å²) in [4.78, 5) is 14.0. The van der Waals surface area contributed by atoms with Crippen molar-refractivity contribution in [1.82, 2.24) is 10.3 Å². The number of carbonyl (C=O) groups excluding carboxylic acids is 1. The summed E-state index contributed by atoms with van der Waals surface area (Å²) in [5.74, 6) is 1.40. The lowest BCUT2D eigenvalue weighted by atomic mass is 9.96. The topological polar surface area (TPSA) is 53.9 Å². The van der Waals surface area contributed by atoms with Gasteiger partial charge in [-0.3, -0.25) is 10.2 Å². The number of likely N-dealkylation sites (tertiary alicyclic amines) is 1. The van der Waals surface area contributed by atoms with Crippen molar-refractivity contribution in [2.45, 2.75) is 32.9 Å². The molecular weight excluding hydrogens is 278 g/mol. The summed E-state index contributed by atoms with van der Waals surface area (Å²) in [5.41, 5.74) is 4.14. The van der Waals surface area contributed by atoms with E-state index in [4.69, 9.17) is 4.74 Å². The number of nitrogens with zero attached hydrogens (tertiary/aromatic N) is 2. The Bertz CT molecular complexity index is 548. The van der Waals surface area contributed by atoms with Crippen LogP contribution in [-0.2, 0) is 9.53 Å². The third-order valence-corrected chi connectivity index (χ3v) is 4.28. The van der Waals surface area contributed by atoms with Gasteiger partial charge in [0.2, 0.25) is 18.0 Å². The molecule has 0 saturated carbocycles. The highest BCUT2D eigenvalue weighted by atomic mass is 16.5. The van der Waals surface area contributed by atoms with Crippen LogP contribution in [0, 0.1) is 11.8 Å². The maximum absolute atomic E-state index is 12.0. The number of benzene rings is 1. The summed E-state index contributed by atoms with van der Waals surface area (Å²) in [6.45, 7) is 5.49. The summed E-state index contributed by atoms with van der Waals surface area (Å²) in [5, 5.41) is 4.36. The molecule has 22 heavy (non-hydrogen) atoms. The van der Waals surface area contributed by atoms with Crippen LogP contribution in [-0.4, -0.2) is 29.8 Å². The van der Waals surface area contributed by atoms with E-state index < -0.39 is 0 Å². The lowest BCUT2D eigenvalue weighted by Gasteiger charge is -2.32. The number of hydrazone groups is 1. The number of hydrogen-bond acceptors (Lipinski definition) is 4. The van der Waals surface area contributed by atoms with Crippen LogP contribution in [0.25, 0.3) is 0 Å². The van der Waals surface area contributed by atoms with Crippen LogP contribution in [0.1, 0.15) is 38.5 Å². The molecule has 0 bridgehead atoms. The molecule has 5 heteroatoms. The van der Waals surface area contributed by atoms with Gasteiger partial charge in [0.15, 0.2) is 0 Å². The van der Waals surface area contributed by atoms with Crippen molar-refractivity contribution in [3.63, 3.8) is 0 Å². The number of ether oxygens (including phenoxy) is 1. The molecule has 0 spiro atoms. The molecule has 1 amide bonds. The quantitative estimate of drug-likeness (QED) is 0.933. The van der Waals surface area contributed by atoms with Gasteiger partial charge in [0.25, 0.3) is 0 Å². The summed E-state index contributed by atoms with van der Waals surface area (Å²) in [6, 6.07) is 10.0. The van der Waals surface area contributed by atoms with E-state index in [-0.39, 0.29) is 18.1 Å². The zero-order chi connectivity index (χ0) is 15.5. The molecule has 2 heterocycles. The fourth-order valence-corrected chi connectivity index (χ4v) is 2.97. The van der Waals surface area contributed by atoms with E-state index in [0.717, 1.165) is 37.4 Å². The fraction of sp³-hybridized carbons (Fsp3) is 0.529. The lowest BCUT2D eigenvalue weighted by molar-refractivity contribution is -0.135. The van der Waals surface area contributed by atoms with E-state index in [1.54, 1.807) is 0 Å². The summed E-state index contributed by atoms with van der Waals surface area (Å²) in [7, 11) is 0. The number of nitrogens with one attached hydrogen (secondary N) is 1. The van der Waals surface area contributed by atoms with Crippen molar-refractivity contribution < 1.29 is 9.53 Å². The molecule has 0 aromatic heterocycles. The van der Waals surface area contributed by atoms with Crippen molar-refractivity contribution in [3.8, 4) is 0 Å². The van der Waals surface area contributed by atoms with E-state index in [2.05, 4.69) is 10.5 Å². The largest absolute Gasteiger partial charge is 0.450 e. The summed E-state index contributed by atoms with van der Waals surface area (Å²) in [6.07, 6.45) is 1.65. The highest BCUT2D eigenvalue weighted by molar-refractivity contribution is 5.81. The van der Waals surface area contributed by atoms with Gasteiger partial charge in [-0.2, -0.15) is 0 Å². The molecule has 1 N–H and O–H groups in total. The van der Waals surface area contributed by atoms with Gasteiger partial charge in [-0.05, 0) is 12.8 Å². The summed E-state index contributed by atoms with van der Waals surface area (Å²) >= 11 is 0. The van der Waals surface area contributed by atoms with Gasteiger partial charge in [-0.1, -0.05) is 44.2 Å². The van der Waals surface area contributed by atoms with Crippen LogP contribution in [0.4, 0.5) is 0 Å². The van der Waals surface area contributed by atoms with E-state index in [1.165, 1.54) is 0 Å². The number of piperidine rings is 1. The summed E-state index contributed by atoms with van der Waals surface area (Å²) < 4.78 is 5.97. The molecule has 2 aliphatic rings. The number of carbonyl (C=O) groups is 1. The van der Waals surface area contributed by atoms with Gasteiger partial charge >= 0.3 is 0 Å². The van der Waals surface area contributed by atoms with E-state index >= 15 is 0 Å². The van der Waals surface area contributed by atoms with Gasteiger partial charge in [0.1, 0.15) is 0 Å². The molecule has 0 radical (unpaired) electrons. The van der Waals surface area contributed by atoms with Gasteiger partial charge in [0.05, 0.1) is 0 Å². The first-order valence-electron chi connectivity index (χ1n) is 7.98. The molecule has 1 fully saturated rings. The van der Waals surface area contributed by atoms with E-state index in [9.17, 15) is 4.79 Å². The first-order chi connectivity index (χ1) is 10.6. The van der Waals surface area contributed by atoms with Gasteiger partial charge in [-0.15, -0.1) is 5.10 Å². The molecule has 5 nitrogen and oxygen atoms in total. The van der Waals surface area contributed by atoms with Crippen LogP contribution in [0.3, 0.4) is 0 Å². The Kier molecular flexibility index (Phi) is 4.32. The van der Waals surface area contributed by atoms with Crippen LogP contribution >= 0.6 is 0 Å². The fourth-order valence-electron chi connectivity index (χ4n) is 2.97. The van der Waals surface area contributed by atoms with Gasteiger partial charge in [-0.25, -0.2) is 0 Å². The molecule has 1 aromatic carbocycles. The number of rotatable bonds is 3. The van der Waals surface area contributed by atoms with Crippen molar-refractivity contribution in [3.05, 3.63) is 35.9 Å². The van der Waals surface area contributed by atoms with E-state index in [1.807, 2.05) is 49.1 Å². The predicted molar refractivity (Wildman–Crippen MR) is 85.0 cm³/mol. The smallest absolute Gasteiger partial charge is 0.225 e. The Morgan fingerprint density at radius 3 is 2.59 bits per heavy atom. The Morgan fingerprint density at radius 2 is 1.95 bits per heavy atom. The molecule has 1 saturated heterocycles. The minimum Gasteiger partial charge on any atom is -0.450 e. The normalized spacial score (nSPS) is 22.2. The SMILES string of the molecule is CC(C)C(=O)N1CCC(C2=NNC(c3ccccc3)O2)CC1. The van der Waals surface area contributed by atoms with Crippen molar-refractivity contribution in [1.29, 1.82) is 0 Å². The van der Waals surface area contributed by atoms with Crippen LogP contribution in [0.15, 0.2) is 35.4 Å². The molecule has 1 atom stereocenters. The van der Waals surface area contributed by atoms with Crippen molar-refractivity contribution in [2.24, 2.45) is 16.9 Å². The Morgan fingerprint density at radius 1 is 1.27 bits per heavy atom. The average molecular weight is 301 g/mol. The predicted octanol–water partition coefficient (Wildman–Crippen LogP) is 2.51. The zero-order valence-electron chi connectivity index (χ0n) is 13.2. The van der Waals surface area contributed by atoms with E-state index in [0.29, 0.717) is 5.92 Å². The highest BCUT2D eigenvalue weighted by Crippen LogP contribution is 2.27. The van der Waals surface area contributed by atoms with Crippen LogP contribution in [0.2, 0.25) is 0 Å². The van der Waals surface area contributed by atoms with Gasteiger partial charge < -0.3 is 9.64 Å². The standard InChI is InChI=1S/C17H23N3O2/c1-12(2)17(21)20-10-8-14(9-11-20)16-19-18-15(22-16)13-6-4-3-5-7-13/h3-7,12,14-15,18H,8-11H2,1-2H3. The molecule has 1 aromatic rings. The first-order valence-corrected chi connectivity index (χ1v) is 7.98. The maximum atomic E-state index is 12.0. The first kappa shape index (κ1) is 14.9. The second-order valence-corrected chi connectivity index (χ2v) is 6.24. The van der Waals surface area contributed by atoms with Crippen LogP contribution in [0.5, 0.6) is 0 Å². The Hall–Kier alpha value is -2.04. The number of amides is 1. The van der Waals surface area contributed by atoms with Crippen LogP contribution < -0.4 is 5.43 Å². The molecule has 0 aliphatic carbocycles. The second-order valence-electron chi connectivity index (χ2n) is 6.24. The number of hydrogen-bond donors (Lipinski definition) is 1. The Balaban J connectivity index is 1.54. The third kappa shape index (κ3) is 3.08.